The van der Waals surface area contributed by atoms with E-state index in [0.29, 0.717) is 6.54 Å². The topological polar surface area (TPSA) is 42.4 Å². The van der Waals surface area contributed by atoms with E-state index in [-0.39, 0.29) is 24.7 Å². The molecule has 0 spiro atoms. The summed E-state index contributed by atoms with van der Waals surface area (Å²) in [5, 5.41) is 2.82. The maximum atomic E-state index is 13.5. The van der Waals surface area contributed by atoms with Gasteiger partial charge in [-0.15, -0.1) is 11.3 Å². The monoisotopic (exact) mass is 384 g/mol. The molecule has 0 fully saturated rings. The lowest BCUT2D eigenvalue weighted by Gasteiger charge is -2.17. The molecule has 0 aliphatic heterocycles. The third-order valence-corrected chi connectivity index (χ3v) is 5.07. The van der Waals surface area contributed by atoms with Crippen molar-refractivity contribution in [3.63, 3.8) is 0 Å². The number of aryl methyl sites for hydroxylation is 1. The summed E-state index contributed by atoms with van der Waals surface area (Å²) in [6.45, 7) is 2.65. The molecule has 2 aromatic carbocycles. The molecule has 27 heavy (non-hydrogen) atoms. The van der Waals surface area contributed by atoms with E-state index < -0.39 is 5.82 Å². The molecule has 0 saturated heterocycles. The normalized spacial score (nSPS) is 10.6. The smallest absolute Gasteiger partial charge is 0.228 e. The van der Waals surface area contributed by atoms with Crippen LogP contribution in [0.2, 0.25) is 0 Å². The maximum absolute atomic E-state index is 13.5. The van der Waals surface area contributed by atoms with E-state index in [4.69, 9.17) is 4.74 Å². The second-order valence-electron chi connectivity index (χ2n) is 6.28. The van der Waals surface area contributed by atoms with Gasteiger partial charge in [0, 0.05) is 18.0 Å². The molecule has 1 heterocycles. The molecule has 3 rings (SSSR count). The SMILES string of the molecule is Cc1ccc(-c2nc(CC(=O)N(C)CCOc3ccccc3F)cs2)cc1. The number of carbonyl (C=O) groups is 1. The lowest BCUT2D eigenvalue weighted by atomic mass is 10.2. The first-order valence-corrected chi connectivity index (χ1v) is 9.53. The van der Waals surface area contributed by atoms with Gasteiger partial charge in [-0.2, -0.15) is 0 Å². The predicted octanol–water partition coefficient (Wildman–Crippen LogP) is 4.34. The van der Waals surface area contributed by atoms with E-state index in [1.54, 1.807) is 30.1 Å². The number of aromatic nitrogens is 1. The lowest BCUT2D eigenvalue weighted by molar-refractivity contribution is -0.129. The molecule has 4 nitrogen and oxygen atoms in total. The van der Waals surface area contributed by atoms with Gasteiger partial charge in [-0.3, -0.25) is 4.79 Å². The zero-order chi connectivity index (χ0) is 19.2. The van der Waals surface area contributed by atoms with Crippen molar-refractivity contribution in [1.82, 2.24) is 9.88 Å². The molecular weight excluding hydrogens is 363 g/mol. The molecular formula is C21H21FN2O2S. The quantitative estimate of drug-likeness (QED) is 0.609. The minimum atomic E-state index is -0.405. The molecule has 140 valence electrons. The predicted molar refractivity (Wildman–Crippen MR) is 106 cm³/mol. The number of thiazole rings is 1. The highest BCUT2D eigenvalue weighted by Crippen LogP contribution is 2.24. The molecule has 0 aliphatic carbocycles. The largest absolute Gasteiger partial charge is 0.489 e. The van der Waals surface area contributed by atoms with Crippen LogP contribution in [0, 0.1) is 12.7 Å². The van der Waals surface area contributed by atoms with Crippen molar-refractivity contribution >= 4 is 17.2 Å². The zero-order valence-electron chi connectivity index (χ0n) is 15.3. The Bertz CT molecular complexity index is 909. The maximum Gasteiger partial charge on any atom is 0.228 e. The highest BCUT2D eigenvalue weighted by Gasteiger charge is 2.13. The first kappa shape index (κ1) is 19.0. The fraction of sp³-hybridized carbons (Fsp3) is 0.238. The van der Waals surface area contributed by atoms with Gasteiger partial charge < -0.3 is 9.64 Å². The van der Waals surface area contributed by atoms with Gasteiger partial charge in [0.25, 0.3) is 0 Å². The Balaban J connectivity index is 1.51. The standard InChI is InChI=1S/C21H21FN2O2S/c1-15-7-9-16(10-8-15)21-23-17(14-27-21)13-20(25)24(2)11-12-26-19-6-4-3-5-18(19)22/h3-10,14H,11-13H2,1-2H3. The number of amides is 1. The number of likely N-dealkylation sites (N-methyl/N-ethyl adjacent to an activating group) is 1. The number of halogens is 1. The molecule has 0 radical (unpaired) electrons. The number of hydrogen-bond donors (Lipinski definition) is 0. The fourth-order valence-corrected chi connectivity index (χ4v) is 3.31. The third kappa shape index (κ3) is 5.14. The van der Waals surface area contributed by atoms with Gasteiger partial charge in [-0.05, 0) is 19.1 Å². The number of hydrogen-bond acceptors (Lipinski definition) is 4. The second-order valence-corrected chi connectivity index (χ2v) is 7.14. The van der Waals surface area contributed by atoms with Crippen LogP contribution in [0.15, 0.2) is 53.9 Å². The van der Waals surface area contributed by atoms with Gasteiger partial charge in [-0.25, -0.2) is 9.37 Å². The molecule has 1 amide bonds. The van der Waals surface area contributed by atoms with E-state index in [0.717, 1.165) is 16.3 Å². The summed E-state index contributed by atoms with van der Waals surface area (Å²) in [7, 11) is 1.71. The molecule has 0 atom stereocenters. The van der Waals surface area contributed by atoms with Gasteiger partial charge in [0.05, 0.1) is 18.7 Å². The van der Waals surface area contributed by atoms with Gasteiger partial charge in [0.2, 0.25) is 5.91 Å². The molecule has 6 heteroatoms. The van der Waals surface area contributed by atoms with Gasteiger partial charge >= 0.3 is 0 Å². The molecule has 0 N–H and O–H groups in total. The lowest BCUT2D eigenvalue weighted by Crippen LogP contribution is -2.32. The molecule has 3 aromatic rings. The van der Waals surface area contributed by atoms with Crippen molar-refractivity contribution in [2.45, 2.75) is 13.3 Å². The van der Waals surface area contributed by atoms with Gasteiger partial charge in [0.15, 0.2) is 11.6 Å². The number of benzene rings is 2. The Kier molecular flexibility index (Phi) is 6.19. The van der Waals surface area contributed by atoms with E-state index in [1.807, 2.05) is 36.6 Å². The number of nitrogens with zero attached hydrogens (tertiary/aromatic N) is 2. The van der Waals surface area contributed by atoms with Crippen LogP contribution in [-0.4, -0.2) is 36.0 Å². The van der Waals surface area contributed by atoms with Crippen LogP contribution in [0.25, 0.3) is 10.6 Å². The summed E-state index contributed by atoms with van der Waals surface area (Å²) in [5.41, 5.74) is 3.00. The van der Waals surface area contributed by atoms with Crippen molar-refractivity contribution in [1.29, 1.82) is 0 Å². The Labute approximate surface area is 162 Å². The van der Waals surface area contributed by atoms with Gasteiger partial charge in [0.1, 0.15) is 11.6 Å². The van der Waals surface area contributed by atoms with Crippen LogP contribution in [-0.2, 0) is 11.2 Å². The first-order chi connectivity index (χ1) is 13.0. The molecule has 0 bridgehead atoms. The van der Waals surface area contributed by atoms with Crippen LogP contribution >= 0.6 is 11.3 Å². The van der Waals surface area contributed by atoms with Crippen molar-refractivity contribution in [2.24, 2.45) is 0 Å². The number of rotatable bonds is 7. The Morgan fingerprint density at radius 2 is 1.93 bits per heavy atom. The average molecular weight is 384 g/mol. The molecule has 0 unspecified atom stereocenters. The summed E-state index contributed by atoms with van der Waals surface area (Å²) in [4.78, 5) is 18.5. The third-order valence-electron chi connectivity index (χ3n) is 4.13. The van der Waals surface area contributed by atoms with Crippen molar-refractivity contribution in [3.05, 3.63) is 71.0 Å². The summed E-state index contributed by atoms with van der Waals surface area (Å²) in [6, 6.07) is 14.4. The average Bonchev–Trinajstić information content (AvgIpc) is 3.12. The summed E-state index contributed by atoms with van der Waals surface area (Å²) < 4.78 is 18.9. The summed E-state index contributed by atoms with van der Waals surface area (Å²) in [6.07, 6.45) is 0.235. The minimum Gasteiger partial charge on any atom is -0.489 e. The Morgan fingerprint density at radius 3 is 2.67 bits per heavy atom. The van der Waals surface area contributed by atoms with E-state index in [1.165, 1.54) is 23.0 Å². The van der Waals surface area contributed by atoms with Crippen molar-refractivity contribution in [2.75, 3.05) is 20.2 Å². The van der Waals surface area contributed by atoms with E-state index in [2.05, 4.69) is 4.98 Å². The zero-order valence-corrected chi connectivity index (χ0v) is 16.1. The van der Waals surface area contributed by atoms with Crippen LogP contribution in [0.3, 0.4) is 0 Å². The Hall–Kier alpha value is -2.73. The van der Waals surface area contributed by atoms with Crippen molar-refractivity contribution < 1.29 is 13.9 Å². The van der Waals surface area contributed by atoms with Crippen LogP contribution in [0.5, 0.6) is 5.75 Å². The molecule has 0 aliphatic rings. The summed E-state index contributed by atoms with van der Waals surface area (Å²) >= 11 is 1.53. The molecule has 1 aromatic heterocycles. The van der Waals surface area contributed by atoms with Crippen LogP contribution in [0.1, 0.15) is 11.3 Å². The van der Waals surface area contributed by atoms with Crippen LogP contribution in [0.4, 0.5) is 4.39 Å². The minimum absolute atomic E-state index is 0.0483. The highest BCUT2D eigenvalue weighted by atomic mass is 32.1. The molecule has 0 saturated carbocycles. The van der Waals surface area contributed by atoms with Gasteiger partial charge in [-0.1, -0.05) is 42.0 Å². The highest BCUT2D eigenvalue weighted by molar-refractivity contribution is 7.13. The second kappa shape index (κ2) is 8.77. The van der Waals surface area contributed by atoms with Crippen molar-refractivity contribution in [3.8, 4) is 16.3 Å². The number of para-hydroxylation sites is 1. The number of carbonyl (C=O) groups excluding carboxylic acids is 1. The van der Waals surface area contributed by atoms with Crippen LogP contribution < -0.4 is 4.74 Å². The van der Waals surface area contributed by atoms with E-state index in [9.17, 15) is 9.18 Å². The Morgan fingerprint density at radius 1 is 1.19 bits per heavy atom. The number of ether oxygens (including phenoxy) is 1. The summed E-state index contributed by atoms with van der Waals surface area (Å²) in [5.74, 6) is -0.258. The first-order valence-electron chi connectivity index (χ1n) is 8.65. The fourth-order valence-electron chi connectivity index (χ4n) is 2.49. The van der Waals surface area contributed by atoms with E-state index >= 15 is 0 Å².